The molecule has 5 nitrogen and oxygen atoms in total. The minimum absolute atomic E-state index is 0.253. The predicted molar refractivity (Wildman–Crippen MR) is 118 cm³/mol. The molecule has 1 saturated heterocycles. The van der Waals surface area contributed by atoms with Crippen molar-refractivity contribution >= 4 is 15.7 Å². The van der Waals surface area contributed by atoms with Gasteiger partial charge in [-0.2, -0.15) is 4.31 Å². The highest BCUT2D eigenvalue weighted by molar-refractivity contribution is 7.89. The minimum atomic E-state index is -3.61. The van der Waals surface area contributed by atoms with Gasteiger partial charge < -0.3 is 9.64 Å². The van der Waals surface area contributed by atoms with Gasteiger partial charge in [0.25, 0.3) is 0 Å². The summed E-state index contributed by atoms with van der Waals surface area (Å²) in [5, 5.41) is 0. The van der Waals surface area contributed by atoms with Gasteiger partial charge in [-0.3, -0.25) is 0 Å². The van der Waals surface area contributed by atoms with Gasteiger partial charge in [-0.25, -0.2) is 8.42 Å². The molecule has 0 spiro atoms. The highest BCUT2D eigenvalue weighted by Gasteiger charge is 2.31. The molecule has 158 valence electrons. The fraction of sp³-hybridized carbons (Fsp3) is 0.478. The number of rotatable bonds is 8. The molecule has 0 amide bonds. The lowest BCUT2D eigenvalue weighted by Crippen LogP contribution is -2.48. The lowest BCUT2D eigenvalue weighted by molar-refractivity contribution is 0.299. The Hall–Kier alpha value is -2.05. The standard InChI is InChI=1S/C23H32N2O3S/c1-4-5-17-28-22-12-11-20(19(2)3)18-23(22)29(26,27)25-15-13-24(14-16-25)21-9-7-6-8-10-21/h6-12,18-19H,4-5,13-17H2,1-3H3. The number of para-hydroxylation sites is 1. The molecule has 0 saturated carbocycles. The van der Waals surface area contributed by atoms with Crippen molar-refractivity contribution in [2.75, 3.05) is 37.7 Å². The Morgan fingerprint density at radius 2 is 1.69 bits per heavy atom. The van der Waals surface area contributed by atoms with Gasteiger partial charge in [-0.1, -0.05) is 51.5 Å². The summed E-state index contributed by atoms with van der Waals surface area (Å²) in [6.45, 7) is 9.06. The van der Waals surface area contributed by atoms with E-state index in [1.807, 2.05) is 30.3 Å². The van der Waals surface area contributed by atoms with Crippen LogP contribution in [0.4, 0.5) is 5.69 Å². The van der Waals surface area contributed by atoms with Crippen molar-refractivity contribution in [2.24, 2.45) is 0 Å². The van der Waals surface area contributed by atoms with E-state index in [0.717, 1.165) is 24.1 Å². The number of ether oxygens (including phenoxy) is 1. The smallest absolute Gasteiger partial charge is 0.246 e. The summed E-state index contributed by atoms with van der Waals surface area (Å²) in [6, 6.07) is 15.7. The lowest BCUT2D eigenvalue weighted by Gasteiger charge is -2.35. The van der Waals surface area contributed by atoms with Crippen LogP contribution in [0.3, 0.4) is 0 Å². The molecule has 0 aliphatic carbocycles. The summed E-state index contributed by atoms with van der Waals surface area (Å²) in [4.78, 5) is 2.53. The van der Waals surface area contributed by atoms with Crippen LogP contribution < -0.4 is 9.64 Å². The number of sulfonamides is 1. The molecule has 0 atom stereocenters. The van der Waals surface area contributed by atoms with Crippen molar-refractivity contribution in [1.82, 2.24) is 4.31 Å². The average Bonchev–Trinajstić information content (AvgIpc) is 2.74. The van der Waals surface area contributed by atoms with E-state index in [9.17, 15) is 8.42 Å². The number of hydrogen-bond donors (Lipinski definition) is 0. The largest absolute Gasteiger partial charge is 0.492 e. The van der Waals surface area contributed by atoms with Gasteiger partial charge in [0.1, 0.15) is 10.6 Å². The van der Waals surface area contributed by atoms with Crippen LogP contribution in [0, 0.1) is 0 Å². The molecule has 2 aromatic rings. The first-order valence-electron chi connectivity index (χ1n) is 10.5. The van der Waals surface area contributed by atoms with Crippen LogP contribution in [0.5, 0.6) is 5.75 Å². The van der Waals surface area contributed by atoms with E-state index in [1.165, 1.54) is 0 Å². The Morgan fingerprint density at radius 3 is 2.31 bits per heavy atom. The molecule has 0 radical (unpaired) electrons. The Balaban J connectivity index is 1.81. The first kappa shape index (κ1) is 21.7. The van der Waals surface area contributed by atoms with Gasteiger partial charge in [0, 0.05) is 31.9 Å². The van der Waals surface area contributed by atoms with Crippen LogP contribution in [0.2, 0.25) is 0 Å². The van der Waals surface area contributed by atoms with Crippen LogP contribution in [0.15, 0.2) is 53.4 Å². The maximum absolute atomic E-state index is 13.5. The summed E-state index contributed by atoms with van der Waals surface area (Å²) >= 11 is 0. The van der Waals surface area contributed by atoms with E-state index >= 15 is 0 Å². The van der Waals surface area contributed by atoms with Crippen LogP contribution in [0.1, 0.15) is 45.1 Å². The Morgan fingerprint density at radius 1 is 1.00 bits per heavy atom. The van der Waals surface area contributed by atoms with Crippen molar-refractivity contribution < 1.29 is 13.2 Å². The third-order valence-corrected chi connectivity index (χ3v) is 7.29. The molecule has 0 bridgehead atoms. The summed E-state index contributed by atoms with van der Waals surface area (Å²) in [6.07, 6.45) is 1.91. The number of nitrogens with zero attached hydrogens (tertiary/aromatic N) is 2. The Bertz CT molecular complexity index is 890. The molecule has 0 N–H and O–H groups in total. The number of piperazine rings is 1. The molecule has 1 heterocycles. The highest BCUT2D eigenvalue weighted by atomic mass is 32.2. The second-order valence-electron chi connectivity index (χ2n) is 7.79. The number of benzene rings is 2. The maximum Gasteiger partial charge on any atom is 0.246 e. The summed E-state index contributed by atoms with van der Waals surface area (Å²) in [7, 11) is -3.61. The second kappa shape index (κ2) is 9.63. The second-order valence-corrected chi connectivity index (χ2v) is 9.70. The van der Waals surface area contributed by atoms with Crippen molar-refractivity contribution in [3.05, 3.63) is 54.1 Å². The maximum atomic E-state index is 13.5. The molecular weight excluding hydrogens is 384 g/mol. The molecule has 1 aliphatic rings. The lowest BCUT2D eigenvalue weighted by atomic mass is 10.0. The Kier molecular flexibility index (Phi) is 7.19. The molecular formula is C23H32N2O3S. The fourth-order valence-electron chi connectivity index (χ4n) is 3.50. The monoisotopic (exact) mass is 416 g/mol. The highest BCUT2D eigenvalue weighted by Crippen LogP contribution is 2.31. The normalized spacial score (nSPS) is 15.7. The zero-order valence-electron chi connectivity index (χ0n) is 17.7. The molecule has 3 rings (SSSR count). The van der Waals surface area contributed by atoms with Crippen molar-refractivity contribution in [2.45, 2.75) is 44.4 Å². The van der Waals surface area contributed by atoms with E-state index in [4.69, 9.17) is 4.74 Å². The SMILES string of the molecule is CCCCOc1ccc(C(C)C)cc1S(=O)(=O)N1CCN(c2ccccc2)CC1. The molecule has 0 aromatic heterocycles. The third kappa shape index (κ3) is 5.11. The summed E-state index contributed by atoms with van der Waals surface area (Å²) in [5.41, 5.74) is 2.14. The molecule has 29 heavy (non-hydrogen) atoms. The number of hydrogen-bond acceptors (Lipinski definition) is 4. The predicted octanol–water partition coefficient (Wildman–Crippen LogP) is 4.50. The zero-order valence-corrected chi connectivity index (χ0v) is 18.5. The topological polar surface area (TPSA) is 49.9 Å². The van der Waals surface area contributed by atoms with E-state index < -0.39 is 10.0 Å². The molecule has 2 aromatic carbocycles. The molecule has 0 unspecified atom stereocenters. The van der Waals surface area contributed by atoms with Crippen molar-refractivity contribution in [3.8, 4) is 5.75 Å². The minimum Gasteiger partial charge on any atom is -0.492 e. The number of unbranched alkanes of at least 4 members (excludes halogenated alkanes) is 1. The Labute approximate surface area is 175 Å². The summed E-state index contributed by atoms with van der Waals surface area (Å²) in [5.74, 6) is 0.719. The average molecular weight is 417 g/mol. The molecule has 1 aliphatic heterocycles. The third-order valence-electron chi connectivity index (χ3n) is 5.37. The first-order valence-corrected chi connectivity index (χ1v) is 11.9. The van der Waals surface area contributed by atoms with Gasteiger partial charge in [0.05, 0.1) is 6.61 Å². The van der Waals surface area contributed by atoms with Crippen LogP contribution in [0.25, 0.3) is 0 Å². The van der Waals surface area contributed by atoms with Gasteiger partial charge in [0.2, 0.25) is 10.0 Å². The zero-order chi connectivity index (χ0) is 20.9. The molecule has 1 fully saturated rings. The van der Waals surface area contributed by atoms with Gasteiger partial charge in [-0.05, 0) is 42.2 Å². The first-order chi connectivity index (χ1) is 13.9. The van der Waals surface area contributed by atoms with Gasteiger partial charge in [-0.15, -0.1) is 0 Å². The number of anilines is 1. The van der Waals surface area contributed by atoms with Gasteiger partial charge in [0.15, 0.2) is 0 Å². The van der Waals surface area contributed by atoms with Gasteiger partial charge >= 0.3 is 0 Å². The van der Waals surface area contributed by atoms with Crippen LogP contribution in [-0.2, 0) is 10.0 Å². The quantitative estimate of drug-likeness (QED) is 0.595. The summed E-state index contributed by atoms with van der Waals surface area (Å²) < 4.78 is 34.4. The van der Waals surface area contributed by atoms with Crippen LogP contribution >= 0.6 is 0 Å². The van der Waals surface area contributed by atoms with Crippen molar-refractivity contribution in [3.63, 3.8) is 0 Å². The molecule has 6 heteroatoms. The van der Waals surface area contributed by atoms with Crippen LogP contribution in [-0.4, -0.2) is 45.5 Å². The van der Waals surface area contributed by atoms with E-state index in [-0.39, 0.29) is 5.92 Å². The van der Waals surface area contributed by atoms with E-state index in [2.05, 4.69) is 37.8 Å². The van der Waals surface area contributed by atoms with Crippen molar-refractivity contribution in [1.29, 1.82) is 0 Å². The van der Waals surface area contributed by atoms with E-state index in [1.54, 1.807) is 10.4 Å². The fourth-order valence-corrected chi connectivity index (χ4v) is 5.08. The van der Waals surface area contributed by atoms with E-state index in [0.29, 0.717) is 43.4 Å².